The van der Waals surface area contributed by atoms with E-state index < -0.39 is 0 Å². The molecule has 58 heavy (non-hydrogen) atoms. The van der Waals surface area contributed by atoms with Crippen molar-refractivity contribution < 1.29 is 49.0 Å². The van der Waals surface area contributed by atoms with Crippen molar-refractivity contribution in [3.63, 3.8) is 0 Å². The van der Waals surface area contributed by atoms with Gasteiger partial charge < -0.3 is 24.8 Å². The third-order valence-electron chi connectivity index (χ3n) is 15.5. The minimum atomic E-state index is 0. The molecule has 1 fully saturated rings. The SMILES string of the molecule is CCCCc1ccc([C](=[Zr+2])c2ccc(CCCC)cc2)cc1.C[C-]1C2=C3Cc4ccccc4C3=C3C=CCCC3C2(C)C(C)(C)C(C)(C)C1(C)C.[Cl-].[Cl-].c1cc[cH-]c1. The summed E-state index contributed by atoms with van der Waals surface area (Å²) in [5, 5.41) is 0. The number of benzene rings is 3. The average Bonchev–Trinajstić information content (AvgIpc) is 3.92. The van der Waals surface area contributed by atoms with Gasteiger partial charge in [0.15, 0.2) is 0 Å². The van der Waals surface area contributed by atoms with Crippen LogP contribution in [-0.4, -0.2) is 3.21 Å². The molecule has 1 saturated carbocycles. The molecule has 4 aromatic carbocycles. The van der Waals surface area contributed by atoms with Gasteiger partial charge in [-0.3, -0.25) is 0 Å². The van der Waals surface area contributed by atoms with Crippen molar-refractivity contribution in [3.05, 3.63) is 171 Å². The Morgan fingerprint density at radius 1 is 0.724 bits per heavy atom. The zero-order valence-electron chi connectivity index (χ0n) is 37.2. The number of fused-ring (bicyclic) bond motifs is 6. The van der Waals surface area contributed by atoms with Gasteiger partial charge in [-0.05, 0) is 40.6 Å². The van der Waals surface area contributed by atoms with Crippen molar-refractivity contribution >= 4 is 8.78 Å². The van der Waals surface area contributed by atoms with Crippen molar-refractivity contribution in [2.24, 2.45) is 27.6 Å². The van der Waals surface area contributed by atoms with E-state index >= 15 is 0 Å². The maximum Gasteiger partial charge on any atom is -0.00969 e. The van der Waals surface area contributed by atoms with E-state index in [1.807, 2.05) is 30.3 Å². The monoisotopic (exact) mass is 888 g/mol. The molecular formula is C55H68Cl2Zr-2. The summed E-state index contributed by atoms with van der Waals surface area (Å²) in [5.74, 6) is 2.24. The van der Waals surface area contributed by atoms with E-state index in [9.17, 15) is 0 Å². The van der Waals surface area contributed by atoms with Gasteiger partial charge in [-0.15, -0.1) is 6.92 Å². The topological polar surface area (TPSA) is 0 Å². The third kappa shape index (κ3) is 8.77. The second-order valence-corrected chi connectivity index (χ2v) is 19.9. The molecule has 3 heteroatoms. The van der Waals surface area contributed by atoms with E-state index in [2.05, 4.69) is 154 Å². The van der Waals surface area contributed by atoms with E-state index in [4.69, 9.17) is 0 Å². The average molecular weight is 891 g/mol. The molecule has 0 N–H and O–H groups in total. The fourth-order valence-corrected chi connectivity index (χ4v) is 11.3. The fourth-order valence-electron chi connectivity index (χ4n) is 10.5. The molecule has 4 aliphatic rings. The summed E-state index contributed by atoms with van der Waals surface area (Å²) in [5.41, 5.74) is 16.0. The predicted octanol–water partition coefficient (Wildman–Crippen LogP) is 8.87. The van der Waals surface area contributed by atoms with Crippen molar-refractivity contribution in [1.82, 2.24) is 0 Å². The number of hydrogen-bond donors (Lipinski definition) is 0. The molecule has 0 radical (unpaired) electrons. The van der Waals surface area contributed by atoms with E-state index in [1.165, 1.54) is 112 Å². The van der Waals surface area contributed by atoms with Crippen LogP contribution in [0.3, 0.4) is 0 Å². The predicted molar refractivity (Wildman–Crippen MR) is 240 cm³/mol. The van der Waals surface area contributed by atoms with E-state index in [0.717, 1.165) is 6.42 Å². The number of hydrogen-bond acceptors (Lipinski definition) is 0. The first-order chi connectivity index (χ1) is 26.7. The van der Waals surface area contributed by atoms with Gasteiger partial charge in [-0.1, -0.05) is 113 Å². The molecule has 8 rings (SSSR count). The first-order valence-corrected chi connectivity index (χ1v) is 23.0. The van der Waals surface area contributed by atoms with Crippen LogP contribution in [0.15, 0.2) is 132 Å². The Kier molecular flexibility index (Phi) is 16.5. The van der Waals surface area contributed by atoms with Crippen molar-refractivity contribution in [2.45, 2.75) is 127 Å². The molecular weight excluding hydrogens is 823 g/mol. The Morgan fingerprint density at radius 3 is 1.76 bits per heavy atom. The summed E-state index contributed by atoms with van der Waals surface area (Å²) in [6.45, 7) is 24.8. The normalized spacial score (nSPS) is 21.4. The minimum Gasteiger partial charge on any atom is -1.00 e. The van der Waals surface area contributed by atoms with Crippen LogP contribution >= 0.6 is 0 Å². The Hall–Kier alpha value is -2.57. The molecule has 2 atom stereocenters. The Labute approximate surface area is 381 Å². The Morgan fingerprint density at radius 2 is 1.26 bits per heavy atom. The van der Waals surface area contributed by atoms with Crippen LogP contribution in [-0.2, 0) is 43.5 Å². The van der Waals surface area contributed by atoms with Gasteiger partial charge in [0, 0.05) is 0 Å². The summed E-state index contributed by atoms with van der Waals surface area (Å²) in [4.78, 5) is 0. The number of aryl methyl sites for hydroxylation is 2. The third-order valence-corrected chi connectivity index (χ3v) is 16.9. The summed E-state index contributed by atoms with van der Waals surface area (Å²) in [6.07, 6.45) is 16.0. The van der Waals surface area contributed by atoms with Gasteiger partial charge in [0.2, 0.25) is 0 Å². The van der Waals surface area contributed by atoms with Gasteiger partial charge in [0.05, 0.1) is 0 Å². The second-order valence-electron chi connectivity index (χ2n) is 18.7. The number of unbranched alkanes of at least 4 members (excludes halogenated alkanes) is 2. The van der Waals surface area contributed by atoms with Gasteiger partial charge >= 0.3 is 151 Å². The molecule has 0 spiro atoms. The maximum atomic E-state index is 2.62. The summed E-state index contributed by atoms with van der Waals surface area (Å²) in [7, 11) is 0. The second kappa shape index (κ2) is 19.9. The van der Waals surface area contributed by atoms with Gasteiger partial charge in [0.25, 0.3) is 0 Å². The number of rotatable bonds is 8. The Balaban J connectivity index is 0.000000228. The van der Waals surface area contributed by atoms with Crippen LogP contribution in [0.4, 0.5) is 0 Å². The molecule has 0 aliphatic heterocycles. The van der Waals surface area contributed by atoms with E-state index in [-0.39, 0.29) is 46.5 Å². The summed E-state index contributed by atoms with van der Waals surface area (Å²) < 4.78 is 1.45. The quantitative estimate of drug-likeness (QED) is 0.155. The van der Waals surface area contributed by atoms with Gasteiger partial charge in [0.1, 0.15) is 0 Å². The van der Waals surface area contributed by atoms with Gasteiger partial charge in [-0.2, -0.15) is 29.3 Å². The van der Waals surface area contributed by atoms with E-state index in [0.29, 0.717) is 5.92 Å². The molecule has 0 nitrogen and oxygen atoms in total. The largest absolute Gasteiger partial charge is 1.00 e. The maximum absolute atomic E-state index is 2.62. The molecule has 0 bridgehead atoms. The first-order valence-electron chi connectivity index (χ1n) is 21.7. The fraction of sp³-hybridized carbons (Fsp3) is 0.436. The zero-order chi connectivity index (χ0) is 40.3. The summed E-state index contributed by atoms with van der Waals surface area (Å²) in [6, 6.07) is 37.5. The molecule has 4 aliphatic carbocycles. The van der Waals surface area contributed by atoms with Crippen molar-refractivity contribution in [2.75, 3.05) is 0 Å². The van der Waals surface area contributed by atoms with Crippen molar-refractivity contribution in [3.8, 4) is 0 Å². The van der Waals surface area contributed by atoms with Crippen LogP contribution in [0.5, 0.6) is 0 Å². The Bertz CT molecular complexity index is 1980. The van der Waals surface area contributed by atoms with Crippen molar-refractivity contribution in [1.29, 1.82) is 0 Å². The number of allylic oxidation sites excluding steroid dienone is 6. The van der Waals surface area contributed by atoms with Crippen LogP contribution in [0.1, 0.15) is 141 Å². The standard InChI is InChI=1S/C29H37.C21H26.C5H5.2ClH.Zr/c1-18-25-22-17-19-13-9-10-14-20(19)24(22)21-15-11-12-16-23(21)29(25,8)28(6,7)27(4,5)26(18,2)3;1-3-5-7-18-9-13-20(14-10-18)17-21-15-11-19(12-16-21)8-6-4-2;1-2-4-5-3-1;;;/h9-11,13-15,23H,12,16-17H2,1-8H3;9-16H,3-8H2,1-2H3;1-5H;2*1H;/q-1;;-1;;;+2/p-2. The molecule has 0 saturated heterocycles. The molecule has 2 unspecified atom stereocenters. The molecule has 308 valence electrons. The molecule has 4 aromatic rings. The zero-order valence-corrected chi connectivity index (χ0v) is 41.1. The molecule has 0 aromatic heterocycles. The molecule has 0 amide bonds. The van der Waals surface area contributed by atoms with Gasteiger partial charge in [-0.25, -0.2) is 18.1 Å². The first kappa shape index (κ1) is 48.1. The molecule has 0 heterocycles. The van der Waals surface area contributed by atoms with Crippen LogP contribution in [0.2, 0.25) is 0 Å². The van der Waals surface area contributed by atoms with E-state index in [1.54, 1.807) is 28.2 Å². The number of halogens is 2. The summed E-state index contributed by atoms with van der Waals surface area (Å²) >= 11 is 1.48. The van der Waals surface area contributed by atoms with Crippen LogP contribution < -0.4 is 24.8 Å². The van der Waals surface area contributed by atoms with Crippen LogP contribution in [0, 0.1) is 33.5 Å². The van der Waals surface area contributed by atoms with Crippen LogP contribution in [0.25, 0.3) is 5.57 Å². The smallest absolute Gasteiger partial charge is 0.00969 e. The minimum absolute atomic E-state index is 0.